The van der Waals surface area contributed by atoms with Crippen LogP contribution >= 0.6 is 27.5 Å². The van der Waals surface area contributed by atoms with Crippen molar-refractivity contribution in [2.24, 2.45) is 0 Å². The summed E-state index contributed by atoms with van der Waals surface area (Å²) >= 11 is 9.25. The van der Waals surface area contributed by atoms with E-state index in [1.165, 1.54) is 12.1 Å². The number of amides is 1. The van der Waals surface area contributed by atoms with E-state index in [9.17, 15) is 13.2 Å². The van der Waals surface area contributed by atoms with E-state index in [0.29, 0.717) is 16.3 Å². The van der Waals surface area contributed by atoms with E-state index in [-0.39, 0.29) is 4.90 Å². The van der Waals surface area contributed by atoms with Crippen molar-refractivity contribution in [3.05, 3.63) is 57.5 Å². The molecule has 4 nitrogen and oxygen atoms in total. The van der Waals surface area contributed by atoms with Gasteiger partial charge in [-0.2, -0.15) is 0 Å². The van der Waals surface area contributed by atoms with Crippen LogP contribution in [0.15, 0.2) is 51.8 Å². The van der Waals surface area contributed by atoms with Gasteiger partial charge in [-0.3, -0.25) is 4.79 Å². The van der Waals surface area contributed by atoms with Crippen molar-refractivity contribution in [2.75, 3.05) is 11.6 Å². The highest BCUT2D eigenvalue weighted by Gasteiger charge is 2.13. The first-order valence-corrected chi connectivity index (χ1v) is 8.90. The van der Waals surface area contributed by atoms with Gasteiger partial charge in [-0.15, -0.1) is 0 Å². The maximum atomic E-state index is 12.2. The maximum Gasteiger partial charge on any atom is 0.257 e. The van der Waals surface area contributed by atoms with E-state index in [0.717, 1.165) is 10.7 Å². The third-order valence-electron chi connectivity index (χ3n) is 2.69. The maximum absolute atomic E-state index is 12.2. The monoisotopic (exact) mass is 387 g/mol. The Morgan fingerprint density at radius 3 is 2.57 bits per heavy atom. The predicted octanol–water partition coefficient (Wildman–Crippen LogP) is 3.76. The van der Waals surface area contributed by atoms with Crippen LogP contribution in [0.4, 0.5) is 5.69 Å². The molecule has 1 N–H and O–H groups in total. The molecule has 0 radical (unpaired) electrons. The van der Waals surface area contributed by atoms with Crippen molar-refractivity contribution >= 4 is 49.0 Å². The lowest BCUT2D eigenvalue weighted by molar-refractivity contribution is 0.102. The molecule has 0 saturated carbocycles. The van der Waals surface area contributed by atoms with Crippen LogP contribution in [0.3, 0.4) is 0 Å². The lowest BCUT2D eigenvalue weighted by atomic mass is 10.2. The number of sulfone groups is 1. The summed E-state index contributed by atoms with van der Waals surface area (Å²) in [5, 5.41) is 2.94. The van der Waals surface area contributed by atoms with Crippen LogP contribution in [0.1, 0.15) is 10.4 Å². The summed E-state index contributed by atoms with van der Waals surface area (Å²) in [4.78, 5) is 12.3. The molecule has 0 atom stereocenters. The first-order valence-electron chi connectivity index (χ1n) is 5.84. The van der Waals surface area contributed by atoms with Gasteiger partial charge in [-0.05, 0) is 36.4 Å². The first kappa shape index (κ1) is 16.0. The van der Waals surface area contributed by atoms with Crippen molar-refractivity contribution in [3.63, 3.8) is 0 Å². The quantitative estimate of drug-likeness (QED) is 0.871. The molecule has 0 fully saturated rings. The number of hydrogen-bond acceptors (Lipinski definition) is 3. The molecule has 2 aromatic carbocycles. The van der Waals surface area contributed by atoms with Gasteiger partial charge in [0.2, 0.25) is 0 Å². The number of benzene rings is 2. The molecule has 1 amide bonds. The SMILES string of the molecule is CS(=O)(=O)c1cccc(NC(=O)c2cc(Br)ccc2Cl)c1. The van der Waals surface area contributed by atoms with E-state index in [1.807, 2.05) is 0 Å². The smallest absolute Gasteiger partial charge is 0.257 e. The fourth-order valence-electron chi connectivity index (χ4n) is 1.67. The Morgan fingerprint density at radius 1 is 1.19 bits per heavy atom. The lowest BCUT2D eigenvalue weighted by Crippen LogP contribution is -2.13. The zero-order valence-corrected chi connectivity index (χ0v) is 14.1. The topological polar surface area (TPSA) is 63.2 Å². The number of carbonyl (C=O) groups is 1. The number of anilines is 1. The summed E-state index contributed by atoms with van der Waals surface area (Å²) < 4.78 is 23.7. The van der Waals surface area contributed by atoms with E-state index < -0.39 is 15.7 Å². The Morgan fingerprint density at radius 2 is 1.90 bits per heavy atom. The molecular weight excluding hydrogens is 378 g/mol. The Hall–Kier alpha value is -1.37. The first-order chi connectivity index (χ1) is 9.77. The van der Waals surface area contributed by atoms with Gasteiger partial charge in [0.05, 0.1) is 15.5 Å². The largest absolute Gasteiger partial charge is 0.322 e. The summed E-state index contributed by atoms with van der Waals surface area (Å²) in [5.74, 6) is -0.410. The molecule has 2 aromatic rings. The molecule has 0 aliphatic heterocycles. The van der Waals surface area contributed by atoms with Gasteiger partial charge in [0.1, 0.15) is 0 Å². The molecule has 0 aliphatic carbocycles. The second-order valence-corrected chi connectivity index (χ2v) is 7.72. The van der Waals surface area contributed by atoms with Crippen LogP contribution in [-0.2, 0) is 9.84 Å². The molecule has 0 aliphatic rings. The predicted molar refractivity (Wildman–Crippen MR) is 86.7 cm³/mol. The van der Waals surface area contributed by atoms with Gasteiger partial charge in [0, 0.05) is 16.4 Å². The molecule has 0 heterocycles. The molecule has 0 saturated heterocycles. The van der Waals surface area contributed by atoms with Crippen molar-refractivity contribution in [2.45, 2.75) is 4.90 Å². The summed E-state index contributed by atoms with van der Waals surface area (Å²) in [6, 6.07) is 11.0. The van der Waals surface area contributed by atoms with Crippen LogP contribution in [0.2, 0.25) is 5.02 Å². The molecule has 0 spiro atoms. The third kappa shape index (κ3) is 4.06. The van der Waals surface area contributed by atoms with E-state index >= 15 is 0 Å². The summed E-state index contributed by atoms with van der Waals surface area (Å²) in [5.41, 5.74) is 0.690. The number of hydrogen-bond donors (Lipinski definition) is 1. The van der Waals surface area contributed by atoms with E-state index in [1.54, 1.807) is 30.3 Å². The lowest BCUT2D eigenvalue weighted by Gasteiger charge is -2.08. The van der Waals surface area contributed by atoms with Gasteiger partial charge in [0.15, 0.2) is 9.84 Å². The zero-order valence-electron chi connectivity index (χ0n) is 10.9. The number of nitrogens with one attached hydrogen (secondary N) is 1. The zero-order chi connectivity index (χ0) is 15.6. The standard InChI is InChI=1S/C14H11BrClNO3S/c1-21(19,20)11-4-2-3-10(8-11)17-14(18)12-7-9(15)5-6-13(12)16/h2-8H,1H3,(H,17,18). The van der Waals surface area contributed by atoms with Crippen LogP contribution in [0.5, 0.6) is 0 Å². The van der Waals surface area contributed by atoms with Crippen molar-refractivity contribution in [1.29, 1.82) is 0 Å². The highest BCUT2D eigenvalue weighted by atomic mass is 79.9. The third-order valence-corrected chi connectivity index (χ3v) is 4.63. The fourth-order valence-corrected chi connectivity index (χ4v) is 2.91. The highest BCUT2D eigenvalue weighted by Crippen LogP contribution is 2.23. The van der Waals surface area contributed by atoms with Crippen LogP contribution in [0.25, 0.3) is 0 Å². The fraction of sp³-hybridized carbons (Fsp3) is 0.0714. The average molecular weight is 389 g/mol. The Labute approximate surface area is 136 Å². The van der Waals surface area contributed by atoms with Crippen molar-refractivity contribution in [3.8, 4) is 0 Å². The highest BCUT2D eigenvalue weighted by molar-refractivity contribution is 9.10. The molecular formula is C14H11BrClNO3S. The van der Waals surface area contributed by atoms with Gasteiger partial charge >= 0.3 is 0 Å². The minimum Gasteiger partial charge on any atom is -0.322 e. The minimum atomic E-state index is -3.33. The number of carbonyl (C=O) groups excluding carboxylic acids is 1. The molecule has 0 bridgehead atoms. The molecule has 7 heteroatoms. The van der Waals surface area contributed by atoms with Crippen molar-refractivity contribution < 1.29 is 13.2 Å². The van der Waals surface area contributed by atoms with Gasteiger partial charge in [-0.1, -0.05) is 33.6 Å². The second kappa shape index (κ2) is 6.17. The molecule has 0 aromatic heterocycles. The van der Waals surface area contributed by atoms with E-state index in [4.69, 9.17) is 11.6 Å². The molecule has 21 heavy (non-hydrogen) atoms. The molecule has 2 rings (SSSR count). The van der Waals surface area contributed by atoms with Gasteiger partial charge in [0.25, 0.3) is 5.91 Å². The van der Waals surface area contributed by atoms with Crippen molar-refractivity contribution in [1.82, 2.24) is 0 Å². The van der Waals surface area contributed by atoms with E-state index in [2.05, 4.69) is 21.2 Å². The van der Waals surface area contributed by atoms with Gasteiger partial charge < -0.3 is 5.32 Å². The second-order valence-electron chi connectivity index (χ2n) is 4.38. The van der Waals surface area contributed by atoms with Crippen LogP contribution < -0.4 is 5.32 Å². The molecule has 0 unspecified atom stereocenters. The van der Waals surface area contributed by atoms with Crippen LogP contribution in [-0.4, -0.2) is 20.6 Å². The normalized spacial score (nSPS) is 11.2. The minimum absolute atomic E-state index is 0.139. The average Bonchev–Trinajstić information content (AvgIpc) is 2.41. The molecule has 110 valence electrons. The summed E-state index contributed by atoms with van der Waals surface area (Å²) in [7, 11) is -3.33. The number of halogens is 2. The van der Waals surface area contributed by atoms with Gasteiger partial charge in [-0.25, -0.2) is 8.42 Å². The van der Waals surface area contributed by atoms with Crippen LogP contribution in [0, 0.1) is 0 Å². The summed E-state index contributed by atoms with van der Waals surface area (Å²) in [6.07, 6.45) is 1.11. The summed E-state index contributed by atoms with van der Waals surface area (Å²) in [6.45, 7) is 0. The Kier molecular flexibility index (Phi) is 4.70. The Balaban J connectivity index is 2.30. The number of rotatable bonds is 3. The Bertz CT molecular complexity index is 806.